The van der Waals surface area contributed by atoms with Crippen LogP contribution in [0.4, 0.5) is 0 Å². The average Bonchev–Trinajstić information content (AvgIpc) is 2.95. The second-order valence-electron chi connectivity index (χ2n) is 6.94. The van der Waals surface area contributed by atoms with E-state index in [0.29, 0.717) is 0 Å². The topological polar surface area (TPSA) is 15.3 Å². The lowest BCUT2D eigenvalue weighted by Gasteiger charge is -2.41. The second kappa shape index (κ2) is 5.50. The minimum absolute atomic E-state index is 0.806. The van der Waals surface area contributed by atoms with E-state index < -0.39 is 0 Å². The third kappa shape index (κ3) is 2.51. The van der Waals surface area contributed by atoms with Gasteiger partial charge in [-0.05, 0) is 74.2 Å². The highest BCUT2D eigenvalue weighted by atomic mass is 15.2. The summed E-state index contributed by atoms with van der Waals surface area (Å²) in [7, 11) is 0. The van der Waals surface area contributed by atoms with Crippen LogP contribution >= 0.6 is 0 Å². The highest BCUT2D eigenvalue weighted by molar-refractivity contribution is 5.35. The number of rotatable bonds is 2. The zero-order valence-corrected chi connectivity index (χ0v) is 12.4. The van der Waals surface area contributed by atoms with E-state index in [2.05, 4.69) is 28.4 Å². The molecular weight excluding hydrogens is 244 g/mol. The molecule has 2 fully saturated rings. The molecule has 2 nitrogen and oxygen atoms in total. The van der Waals surface area contributed by atoms with Crippen molar-refractivity contribution in [2.24, 2.45) is 5.92 Å². The van der Waals surface area contributed by atoms with Crippen molar-refractivity contribution in [3.8, 4) is 0 Å². The van der Waals surface area contributed by atoms with Crippen LogP contribution in [0.5, 0.6) is 0 Å². The molecule has 2 aliphatic heterocycles. The normalized spacial score (nSPS) is 30.0. The van der Waals surface area contributed by atoms with Gasteiger partial charge >= 0.3 is 0 Å². The Morgan fingerprint density at radius 2 is 2.05 bits per heavy atom. The summed E-state index contributed by atoms with van der Waals surface area (Å²) in [5.74, 6) is 0.895. The Bertz CT molecular complexity index is 482. The lowest BCUT2D eigenvalue weighted by molar-refractivity contribution is 0.109. The summed E-state index contributed by atoms with van der Waals surface area (Å²) in [6.07, 6.45) is 8.10. The standard InChI is InChI=1S/C18H26N2/c1-3-15-7-6-14(11-16(15)4-1)12-20-10-8-18-17(13-20)5-2-9-19-18/h6-7,11,17-19H,1-5,8-10,12-13H2. The van der Waals surface area contributed by atoms with Gasteiger partial charge in [0.2, 0.25) is 0 Å². The van der Waals surface area contributed by atoms with Gasteiger partial charge in [0.05, 0.1) is 0 Å². The fourth-order valence-corrected chi connectivity index (χ4v) is 4.45. The number of hydrogen-bond donors (Lipinski definition) is 1. The number of fused-ring (bicyclic) bond motifs is 2. The molecule has 1 aromatic carbocycles. The highest BCUT2D eigenvalue weighted by Gasteiger charge is 2.30. The monoisotopic (exact) mass is 270 g/mol. The molecule has 1 N–H and O–H groups in total. The van der Waals surface area contributed by atoms with Crippen LogP contribution in [0.25, 0.3) is 0 Å². The number of nitrogens with zero attached hydrogens (tertiary/aromatic N) is 1. The SMILES string of the molecule is c1cc2c(cc1CN1CCC3NCCCC3C1)CCC2. The van der Waals surface area contributed by atoms with E-state index in [4.69, 9.17) is 0 Å². The van der Waals surface area contributed by atoms with Gasteiger partial charge in [-0.25, -0.2) is 0 Å². The van der Waals surface area contributed by atoms with E-state index in [0.717, 1.165) is 18.5 Å². The Kier molecular flexibility index (Phi) is 3.53. The summed E-state index contributed by atoms with van der Waals surface area (Å²) in [6.45, 7) is 4.97. The van der Waals surface area contributed by atoms with E-state index in [1.165, 1.54) is 63.7 Å². The number of nitrogens with one attached hydrogen (secondary N) is 1. The molecule has 20 heavy (non-hydrogen) atoms. The van der Waals surface area contributed by atoms with Crippen molar-refractivity contribution < 1.29 is 0 Å². The zero-order valence-electron chi connectivity index (χ0n) is 12.4. The summed E-state index contributed by atoms with van der Waals surface area (Å²) in [6, 6.07) is 8.04. The first-order chi connectivity index (χ1) is 9.88. The Balaban J connectivity index is 1.41. The van der Waals surface area contributed by atoms with Crippen molar-refractivity contribution in [3.63, 3.8) is 0 Å². The molecule has 108 valence electrons. The lowest BCUT2D eigenvalue weighted by atomic mass is 9.85. The molecule has 0 aromatic heterocycles. The summed E-state index contributed by atoms with van der Waals surface area (Å²) >= 11 is 0. The van der Waals surface area contributed by atoms with E-state index in [-0.39, 0.29) is 0 Å². The van der Waals surface area contributed by atoms with Crippen molar-refractivity contribution in [1.82, 2.24) is 10.2 Å². The number of aryl methyl sites for hydroxylation is 2. The fraction of sp³-hybridized carbons (Fsp3) is 0.667. The predicted octanol–water partition coefficient (Wildman–Crippen LogP) is 2.75. The molecule has 2 heterocycles. The molecule has 2 unspecified atom stereocenters. The molecule has 4 rings (SSSR count). The van der Waals surface area contributed by atoms with E-state index in [1.54, 1.807) is 11.1 Å². The molecule has 2 atom stereocenters. The molecule has 1 aromatic rings. The number of piperidine rings is 2. The molecule has 0 spiro atoms. The smallest absolute Gasteiger partial charge is 0.0233 e. The summed E-state index contributed by atoms with van der Waals surface area (Å²) in [5.41, 5.74) is 4.76. The Morgan fingerprint density at radius 1 is 1.10 bits per heavy atom. The van der Waals surface area contributed by atoms with E-state index in [9.17, 15) is 0 Å². The maximum atomic E-state index is 3.71. The van der Waals surface area contributed by atoms with E-state index >= 15 is 0 Å². The van der Waals surface area contributed by atoms with Gasteiger partial charge in [0.15, 0.2) is 0 Å². The van der Waals surface area contributed by atoms with Crippen molar-refractivity contribution in [1.29, 1.82) is 0 Å². The van der Waals surface area contributed by atoms with Gasteiger partial charge in [-0.1, -0.05) is 18.2 Å². The van der Waals surface area contributed by atoms with Crippen LogP contribution in [0.3, 0.4) is 0 Å². The van der Waals surface area contributed by atoms with E-state index in [1.807, 2.05) is 0 Å². The van der Waals surface area contributed by atoms with Gasteiger partial charge < -0.3 is 5.32 Å². The van der Waals surface area contributed by atoms with Crippen LogP contribution < -0.4 is 5.32 Å². The maximum Gasteiger partial charge on any atom is 0.0233 e. The van der Waals surface area contributed by atoms with Gasteiger partial charge in [-0.2, -0.15) is 0 Å². The quantitative estimate of drug-likeness (QED) is 0.889. The van der Waals surface area contributed by atoms with Crippen LogP contribution in [-0.4, -0.2) is 30.6 Å². The van der Waals surface area contributed by atoms with Crippen LogP contribution in [0, 0.1) is 5.92 Å². The molecule has 2 saturated heterocycles. The molecule has 0 amide bonds. The first-order valence-electron chi connectivity index (χ1n) is 8.45. The molecule has 0 radical (unpaired) electrons. The molecule has 0 saturated carbocycles. The minimum Gasteiger partial charge on any atom is -0.314 e. The van der Waals surface area contributed by atoms with Crippen molar-refractivity contribution in [3.05, 3.63) is 34.9 Å². The van der Waals surface area contributed by atoms with Crippen molar-refractivity contribution >= 4 is 0 Å². The largest absolute Gasteiger partial charge is 0.314 e. The Morgan fingerprint density at radius 3 is 3.05 bits per heavy atom. The summed E-state index contributed by atoms with van der Waals surface area (Å²) in [5, 5.41) is 3.71. The fourth-order valence-electron chi connectivity index (χ4n) is 4.45. The second-order valence-corrected chi connectivity index (χ2v) is 6.94. The van der Waals surface area contributed by atoms with Gasteiger partial charge in [-0.15, -0.1) is 0 Å². The first-order valence-corrected chi connectivity index (χ1v) is 8.45. The molecule has 2 heteroatoms. The third-order valence-electron chi connectivity index (χ3n) is 5.55. The van der Waals surface area contributed by atoms with Gasteiger partial charge in [0, 0.05) is 19.1 Å². The van der Waals surface area contributed by atoms with Gasteiger partial charge in [-0.3, -0.25) is 4.90 Å². The Hall–Kier alpha value is -0.860. The van der Waals surface area contributed by atoms with Crippen LogP contribution in [0.2, 0.25) is 0 Å². The number of likely N-dealkylation sites (tertiary alicyclic amines) is 1. The summed E-state index contributed by atoms with van der Waals surface area (Å²) in [4.78, 5) is 2.69. The molecule has 0 bridgehead atoms. The minimum atomic E-state index is 0.806. The maximum absolute atomic E-state index is 3.71. The zero-order chi connectivity index (χ0) is 13.4. The van der Waals surface area contributed by atoms with Crippen LogP contribution in [0.15, 0.2) is 18.2 Å². The highest BCUT2D eigenvalue weighted by Crippen LogP contribution is 2.27. The Labute approximate surface area is 122 Å². The third-order valence-corrected chi connectivity index (χ3v) is 5.55. The van der Waals surface area contributed by atoms with Crippen molar-refractivity contribution in [2.75, 3.05) is 19.6 Å². The first kappa shape index (κ1) is 12.8. The molecule has 1 aliphatic carbocycles. The van der Waals surface area contributed by atoms with Crippen LogP contribution in [0.1, 0.15) is 42.4 Å². The molecule has 3 aliphatic rings. The van der Waals surface area contributed by atoms with Gasteiger partial charge in [0.1, 0.15) is 0 Å². The predicted molar refractivity (Wildman–Crippen MR) is 82.9 cm³/mol. The lowest BCUT2D eigenvalue weighted by Crippen LogP contribution is -2.51. The number of benzene rings is 1. The average molecular weight is 270 g/mol. The van der Waals surface area contributed by atoms with Gasteiger partial charge in [0.25, 0.3) is 0 Å². The summed E-state index contributed by atoms with van der Waals surface area (Å²) < 4.78 is 0. The van der Waals surface area contributed by atoms with Crippen LogP contribution in [-0.2, 0) is 19.4 Å². The number of hydrogen-bond acceptors (Lipinski definition) is 2. The molecular formula is C18H26N2. The van der Waals surface area contributed by atoms with Crippen molar-refractivity contribution in [2.45, 2.75) is 51.1 Å².